The standard InChI is InChI=1S/C28H32BrN3O5S/c1-20-3-11-24(12-4-20)37-25-13-9-23(10-14-25)32(38(2,35)36)19-26(27(30)33)31-17-15-28(34,16-18-31)21-5-7-22(29)8-6-21/h3-14,26,34H,15-19H2,1-2H3,(H2,30,33)/t26-/m0/s1. The largest absolute Gasteiger partial charge is 0.457 e. The summed E-state index contributed by atoms with van der Waals surface area (Å²) in [7, 11) is -3.73. The number of aryl methyl sites for hydroxylation is 1. The van der Waals surface area contributed by atoms with Crippen LogP contribution in [-0.2, 0) is 20.4 Å². The average molecular weight is 603 g/mol. The Morgan fingerprint density at radius 1 is 1.03 bits per heavy atom. The number of likely N-dealkylation sites (tertiary alicyclic amines) is 1. The summed E-state index contributed by atoms with van der Waals surface area (Å²) in [5.74, 6) is 0.609. The van der Waals surface area contributed by atoms with Crippen LogP contribution in [-0.4, -0.2) is 56.3 Å². The van der Waals surface area contributed by atoms with Crippen LogP contribution < -0.4 is 14.8 Å². The topological polar surface area (TPSA) is 113 Å². The van der Waals surface area contributed by atoms with Crippen LogP contribution >= 0.6 is 15.9 Å². The highest BCUT2D eigenvalue weighted by Crippen LogP contribution is 2.34. The summed E-state index contributed by atoms with van der Waals surface area (Å²) in [6, 6.07) is 20.9. The number of aliphatic hydroxyl groups is 1. The van der Waals surface area contributed by atoms with Gasteiger partial charge in [-0.25, -0.2) is 8.42 Å². The van der Waals surface area contributed by atoms with Gasteiger partial charge >= 0.3 is 0 Å². The number of nitrogens with two attached hydrogens (primary N) is 1. The maximum atomic E-state index is 12.8. The molecule has 1 aliphatic heterocycles. The molecule has 0 aliphatic carbocycles. The number of carbonyl (C=O) groups is 1. The first-order valence-electron chi connectivity index (χ1n) is 12.3. The van der Waals surface area contributed by atoms with Crippen LogP contribution in [0, 0.1) is 6.92 Å². The van der Waals surface area contributed by atoms with E-state index in [4.69, 9.17) is 10.5 Å². The summed E-state index contributed by atoms with van der Waals surface area (Å²) < 4.78 is 33.5. The Labute approximate surface area is 232 Å². The first kappa shape index (κ1) is 28.1. The van der Waals surface area contributed by atoms with Crippen molar-refractivity contribution in [2.24, 2.45) is 5.73 Å². The monoisotopic (exact) mass is 601 g/mol. The van der Waals surface area contributed by atoms with Crippen molar-refractivity contribution in [1.29, 1.82) is 0 Å². The number of nitrogens with zero attached hydrogens (tertiary/aromatic N) is 2. The molecule has 1 saturated heterocycles. The summed E-state index contributed by atoms with van der Waals surface area (Å²) in [6.45, 7) is 2.63. The molecule has 0 bridgehead atoms. The van der Waals surface area contributed by atoms with E-state index < -0.39 is 27.6 Å². The molecule has 3 aromatic carbocycles. The van der Waals surface area contributed by atoms with E-state index in [1.807, 2.05) is 60.4 Å². The van der Waals surface area contributed by atoms with Gasteiger partial charge in [-0.05, 0) is 73.9 Å². The molecular formula is C28H32BrN3O5S. The molecule has 3 aromatic rings. The summed E-state index contributed by atoms with van der Waals surface area (Å²) in [6.07, 6.45) is 1.88. The molecule has 1 atom stereocenters. The van der Waals surface area contributed by atoms with E-state index in [1.165, 1.54) is 4.31 Å². The third kappa shape index (κ3) is 6.74. The SMILES string of the molecule is Cc1ccc(Oc2ccc(N(C[C@@H](C(N)=O)N3CCC(O)(c4ccc(Br)cc4)CC3)S(C)(=O)=O)cc2)cc1. The minimum atomic E-state index is -3.73. The molecule has 4 rings (SSSR count). The summed E-state index contributed by atoms with van der Waals surface area (Å²) >= 11 is 3.41. The van der Waals surface area contributed by atoms with Gasteiger partial charge in [0.05, 0.1) is 24.1 Å². The van der Waals surface area contributed by atoms with Crippen molar-refractivity contribution in [3.05, 3.63) is 88.4 Å². The van der Waals surface area contributed by atoms with Crippen LogP contribution in [0.3, 0.4) is 0 Å². The average Bonchev–Trinajstić information content (AvgIpc) is 2.87. The van der Waals surface area contributed by atoms with E-state index in [1.54, 1.807) is 24.3 Å². The molecule has 0 saturated carbocycles. The zero-order valence-corrected chi connectivity index (χ0v) is 23.8. The van der Waals surface area contributed by atoms with Gasteiger partial charge in [-0.2, -0.15) is 0 Å². The summed E-state index contributed by atoms with van der Waals surface area (Å²) in [4.78, 5) is 14.4. The Bertz CT molecular complexity index is 1360. The summed E-state index contributed by atoms with van der Waals surface area (Å²) in [5.41, 5.74) is 7.06. The van der Waals surface area contributed by atoms with E-state index in [9.17, 15) is 18.3 Å². The molecule has 1 aliphatic rings. The number of amides is 1. The van der Waals surface area contributed by atoms with Crippen molar-refractivity contribution in [1.82, 2.24) is 4.90 Å². The lowest BCUT2D eigenvalue weighted by Crippen LogP contribution is -2.56. The van der Waals surface area contributed by atoms with E-state index in [0.717, 1.165) is 21.9 Å². The van der Waals surface area contributed by atoms with Gasteiger partial charge in [0.15, 0.2) is 0 Å². The van der Waals surface area contributed by atoms with Gasteiger partial charge in [0.2, 0.25) is 15.9 Å². The number of hydrogen-bond acceptors (Lipinski definition) is 6. The van der Waals surface area contributed by atoms with Gasteiger partial charge < -0.3 is 15.6 Å². The molecule has 38 heavy (non-hydrogen) atoms. The van der Waals surface area contributed by atoms with Crippen molar-refractivity contribution in [3.63, 3.8) is 0 Å². The number of hydrogen-bond donors (Lipinski definition) is 2. The fourth-order valence-corrected chi connectivity index (χ4v) is 5.83. The van der Waals surface area contributed by atoms with E-state index in [2.05, 4.69) is 15.9 Å². The van der Waals surface area contributed by atoms with Crippen molar-refractivity contribution >= 4 is 37.5 Å². The second kappa shape index (κ2) is 11.4. The first-order chi connectivity index (χ1) is 17.9. The lowest BCUT2D eigenvalue weighted by Gasteiger charge is -2.42. The number of primary amides is 1. The summed E-state index contributed by atoms with van der Waals surface area (Å²) in [5, 5.41) is 11.2. The van der Waals surface area contributed by atoms with Crippen molar-refractivity contribution in [2.75, 3.05) is 30.2 Å². The maximum absolute atomic E-state index is 12.8. The van der Waals surface area contributed by atoms with Gasteiger partial charge in [-0.3, -0.25) is 14.0 Å². The number of halogens is 1. The Balaban J connectivity index is 1.48. The molecule has 1 fully saturated rings. The van der Waals surface area contributed by atoms with E-state index in [0.29, 0.717) is 43.1 Å². The van der Waals surface area contributed by atoms with Crippen LogP contribution in [0.15, 0.2) is 77.3 Å². The molecule has 0 radical (unpaired) electrons. The number of piperidine rings is 1. The van der Waals surface area contributed by atoms with Gasteiger partial charge in [-0.1, -0.05) is 45.8 Å². The van der Waals surface area contributed by atoms with Crippen LogP contribution in [0.25, 0.3) is 0 Å². The Morgan fingerprint density at radius 2 is 1.55 bits per heavy atom. The Hall–Kier alpha value is -2.92. The first-order valence-corrected chi connectivity index (χ1v) is 14.9. The maximum Gasteiger partial charge on any atom is 0.236 e. The smallest absolute Gasteiger partial charge is 0.236 e. The molecule has 202 valence electrons. The van der Waals surface area contributed by atoms with Crippen LogP contribution in [0.1, 0.15) is 24.0 Å². The van der Waals surface area contributed by atoms with Crippen molar-refractivity contribution in [2.45, 2.75) is 31.4 Å². The third-order valence-corrected chi connectivity index (χ3v) is 8.59. The lowest BCUT2D eigenvalue weighted by atomic mass is 9.84. The van der Waals surface area contributed by atoms with Gasteiger partial charge in [-0.15, -0.1) is 0 Å². The van der Waals surface area contributed by atoms with Crippen LogP contribution in [0.2, 0.25) is 0 Å². The number of carbonyl (C=O) groups excluding carboxylic acids is 1. The van der Waals surface area contributed by atoms with Gasteiger partial charge in [0.1, 0.15) is 17.5 Å². The molecule has 10 heteroatoms. The predicted octanol–water partition coefficient (Wildman–Crippen LogP) is 4.15. The van der Waals surface area contributed by atoms with Crippen molar-refractivity contribution in [3.8, 4) is 11.5 Å². The van der Waals surface area contributed by atoms with E-state index >= 15 is 0 Å². The fourth-order valence-electron chi connectivity index (χ4n) is 4.65. The second-order valence-corrected chi connectivity index (χ2v) is 12.5. The second-order valence-electron chi connectivity index (χ2n) is 9.70. The van der Waals surface area contributed by atoms with Crippen LogP contribution in [0.4, 0.5) is 5.69 Å². The molecule has 0 unspecified atom stereocenters. The third-order valence-electron chi connectivity index (χ3n) is 6.90. The minimum Gasteiger partial charge on any atom is -0.457 e. The van der Waals surface area contributed by atoms with Gasteiger partial charge in [0, 0.05) is 17.6 Å². The van der Waals surface area contributed by atoms with E-state index in [-0.39, 0.29) is 6.54 Å². The molecule has 0 aromatic heterocycles. The highest BCUT2D eigenvalue weighted by molar-refractivity contribution is 9.10. The number of anilines is 1. The molecular weight excluding hydrogens is 570 g/mol. The fraction of sp³-hybridized carbons (Fsp3) is 0.321. The quantitative estimate of drug-likeness (QED) is 0.381. The Kier molecular flexibility index (Phi) is 8.46. The predicted molar refractivity (Wildman–Crippen MR) is 152 cm³/mol. The number of rotatable bonds is 9. The van der Waals surface area contributed by atoms with Crippen molar-refractivity contribution < 1.29 is 23.1 Å². The number of benzene rings is 3. The molecule has 3 N–H and O–H groups in total. The normalized spacial score (nSPS) is 16.5. The highest BCUT2D eigenvalue weighted by Gasteiger charge is 2.38. The molecule has 1 heterocycles. The highest BCUT2D eigenvalue weighted by atomic mass is 79.9. The number of ether oxygens (including phenoxy) is 1. The zero-order chi connectivity index (χ0) is 27.5. The zero-order valence-electron chi connectivity index (χ0n) is 21.4. The minimum absolute atomic E-state index is 0.136. The number of sulfonamides is 1. The molecule has 1 amide bonds. The van der Waals surface area contributed by atoms with Gasteiger partial charge in [0.25, 0.3) is 0 Å². The molecule has 0 spiro atoms. The lowest BCUT2D eigenvalue weighted by molar-refractivity contribution is -0.125. The Morgan fingerprint density at radius 3 is 2.05 bits per heavy atom. The molecule has 8 nitrogen and oxygen atoms in total. The van der Waals surface area contributed by atoms with Crippen LogP contribution in [0.5, 0.6) is 11.5 Å².